The van der Waals surface area contributed by atoms with Gasteiger partial charge >= 0.3 is 0 Å². The lowest BCUT2D eigenvalue weighted by Crippen LogP contribution is -2.43. The van der Waals surface area contributed by atoms with Gasteiger partial charge in [0.25, 0.3) is 11.8 Å². The lowest BCUT2D eigenvalue weighted by Gasteiger charge is -2.19. The van der Waals surface area contributed by atoms with Gasteiger partial charge in [0.2, 0.25) is 5.91 Å². The van der Waals surface area contributed by atoms with E-state index < -0.39 is 43.3 Å². The molecular formula is C20H16F2N6O2. The standard InChI is InChI=1S/C20H16F2N6O2/c21-20(22)7-12(8-23)28(11-20)17(29)10-27-19(30)15-1-4-24-9-16(15)13-2-5-25-18-14(13)3-6-26-18/h1-6,9,12H,7,10-11H2,(H,25,26)(H,27,30)/t12-/m0/s1. The number of fused-ring (bicyclic) bond motifs is 1. The molecule has 2 amide bonds. The van der Waals surface area contributed by atoms with Crippen molar-refractivity contribution >= 4 is 22.8 Å². The van der Waals surface area contributed by atoms with E-state index >= 15 is 0 Å². The molecule has 4 heterocycles. The maximum Gasteiger partial charge on any atom is 0.268 e. The third-order valence-corrected chi connectivity index (χ3v) is 4.96. The largest absolute Gasteiger partial charge is 0.346 e. The van der Waals surface area contributed by atoms with Crippen LogP contribution in [0.1, 0.15) is 16.8 Å². The number of carbonyl (C=O) groups is 2. The summed E-state index contributed by atoms with van der Waals surface area (Å²) in [7, 11) is 0. The summed E-state index contributed by atoms with van der Waals surface area (Å²) in [6.07, 6.45) is 5.61. The summed E-state index contributed by atoms with van der Waals surface area (Å²) in [5.41, 5.74) is 2.19. The molecule has 152 valence electrons. The molecule has 1 saturated heterocycles. The number of nitriles is 1. The first-order chi connectivity index (χ1) is 14.4. The number of aromatic nitrogens is 3. The highest BCUT2D eigenvalue weighted by Gasteiger charge is 2.47. The van der Waals surface area contributed by atoms with Gasteiger partial charge in [-0.25, -0.2) is 13.8 Å². The normalized spacial score (nSPS) is 17.6. The Kier molecular flexibility index (Phi) is 4.87. The van der Waals surface area contributed by atoms with Crippen molar-refractivity contribution in [2.75, 3.05) is 13.1 Å². The van der Waals surface area contributed by atoms with E-state index in [1.54, 1.807) is 24.5 Å². The Hall–Kier alpha value is -3.87. The highest BCUT2D eigenvalue weighted by molar-refractivity contribution is 6.05. The summed E-state index contributed by atoms with van der Waals surface area (Å²) in [5.74, 6) is -4.40. The van der Waals surface area contributed by atoms with Crippen molar-refractivity contribution in [2.24, 2.45) is 0 Å². The zero-order valence-electron chi connectivity index (χ0n) is 15.6. The molecule has 1 aliphatic rings. The van der Waals surface area contributed by atoms with Crippen LogP contribution >= 0.6 is 0 Å². The number of amides is 2. The van der Waals surface area contributed by atoms with E-state index in [2.05, 4.69) is 20.3 Å². The van der Waals surface area contributed by atoms with Crippen LogP contribution in [0.25, 0.3) is 22.2 Å². The first-order valence-corrected chi connectivity index (χ1v) is 9.11. The number of alkyl halides is 2. The number of nitrogens with zero attached hydrogens (tertiary/aromatic N) is 4. The Labute approximate surface area is 169 Å². The van der Waals surface area contributed by atoms with Crippen LogP contribution in [0, 0.1) is 11.3 Å². The van der Waals surface area contributed by atoms with Crippen LogP contribution in [-0.2, 0) is 4.79 Å². The second-order valence-corrected chi connectivity index (χ2v) is 6.93. The van der Waals surface area contributed by atoms with Gasteiger partial charge in [-0.3, -0.25) is 14.6 Å². The molecule has 10 heteroatoms. The molecule has 30 heavy (non-hydrogen) atoms. The molecule has 0 radical (unpaired) electrons. The van der Waals surface area contributed by atoms with Crippen LogP contribution in [0.15, 0.2) is 43.0 Å². The summed E-state index contributed by atoms with van der Waals surface area (Å²) in [6.45, 7) is -1.33. The third kappa shape index (κ3) is 3.57. The van der Waals surface area contributed by atoms with Gasteiger partial charge in [-0.05, 0) is 23.8 Å². The van der Waals surface area contributed by atoms with Gasteiger partial charge in [0.1, 0.15) is 11.7 Å². The fourth-order valence-corrected chi connectivity index (χ4v) is 3.55. The molecule has 3 aromatic rings. The van der Waals surface area contributed by atoms with Crippen LogP contribution in [0.4, 0.5) is 8.78 Å². The summed E-state index contributed by atoms with van der Waals surface area (Å²) in [6, 6.07) is 5.59. The van der Waals surface area contributed by atoms with Crippen molar-refractivity contribution in [1.82, 2.24) is 25.2 Å². The number of hydrogen-bond donors (Lipinski definition) is 2. The molecule has 8 nitrogen and oxygen atoms in total. The van der Waals surface area contributed by atoms with E-state index in [0.717, 1.165) is 15.8 Å². The molecule has 4 rings (SSSR count). The van der Waals surface area contributed by atoms with Gasteiger partial charge in [-0.15, -0.1) is 0 Å². The Bertz CT molecular complexity index is 1170. The fraction of sp³-hybridized carbons (Fsp3) is 0.250. The van der Waals surface area contributed by atoms with Gasteiger partial charge in [-0.2, -0.15) is 5.26 Å². The quantitative estimate of drug-likeness (QED) is 0.684. The molecule has 2 N–H and O–H groups in total. The van der Waals surface area contributed by atoms with Crippen molar-refractivity contribution in [3.05, 3.63) is 48.5 Å². The molecule has 0 unspecified atom stereocenters. The van der Waals surface area contributed by atoms with Crippen molar-refractivity contribution in [2.45, 2.75) is 18.4 Å². The second-order valence-electron chi connectivity index (χ2n) is 6.93. The van der Waals surface area contributed by atoms with Crippen molar-refractivity contribution in [1.29, 1.82) is 5.26 Å². The Morgan fingerprint density at radius 1 is 1.30 bits per heavy atom. The van der Waals surface area contributed by atoms with E-state index in [0.29, 0.717) is 11.2 Å². The number of halogens is 2. The summed E-state index contributed by atoms with van der Waals surface area (Å²) in [5, 5.41) is 12.3. The number of carbonyl (C=O) groups excluding carboxylic acids is 2. The molecule has 1 aliphatic heterocycles. The van der Waals surface area contributed by atoms with Gasteiger partial charge in [0.15, 0.2) is 0 Å². The van der Waals surface area contributed by atoms with Crippen LogP contribution in [0.5, 0.6) is 0 Å². The van der Waals surface area contributed by atoms with Crippen LogP contribution in [0.3, 0.4) is 0 Å². The highest BCUT2D eigenvalue weighted by Crippen LogP contribution is 2.32. The minimum Gasteiger partial charge on any atom is -0.346 e. The molecule has 0 aliphatic carbocycles. The minimum atomic E-state index is -3.11. The van der Waals surface area contributed by atoms with Gasteiger partial charge < -0.3 is 15.2 Å². The highest BCUT2D eigenvalue weighted by atomic mass is 19.3. The first-order valence-electron chi connectivity index (χ1n) is 9.11. The van der Waals surface area contributed by atoms with E-state index in [9.17, 15) is 18.4 Å². The summed E-state index contributed by atoms with van der Waals surface area (Å²) < 4.78 is 27.1. The second kappa shape index (κ2) is 7.51. The van der Waals surface area contributed by atoms with Crippen LogP contribution in [-0.4, -0.2) is 56.7 Å². The molecule has 1 atom stereocenters. The minimum absolute atomic E-state index is 0.273. The predicted octanol–water partition coefficient (Wildman–Crippen LogP) is 2.11. The predicted molar refractivity (Wildman–Crippen MR) is 102 cm³/mol. The summed E-state index contributed by atoms with van der Waals surface area (Å²) >= 11 is 0. The number of hydrogen-bond acceptors (Lipinski definition) is 5. The zero-order valence-corrected chi connectivity index (χ0v) is 15.6. The maximum absolute atomic E-state index is 13.6. The molecule has 0 spiro atoms. The van der Waals surface area contributed by atoms with E-state index in [-0.39, 0.29) is 5.56 Å². The first kappa shape index (κ1) is 19.4. The monoisotopic (exact) mass is 410 g/mol. The lowest BCUT2D eigenvalue weighted by molar-refractivity contribution is -0.131. The number of nitrogens with one attached hydrogen (secondary N) is 2. The van der Waals surface area contributed by atoms with Crippen LogP contribution in [0.2, 0.25) is 0 Å². The maximum atomic E-state index is 13.6. The van der Waals surface area contributed by atoms with Crippen LogP contribution < -0.4 is 5.32 Å². The van der Waals surface area contributed by atoms with E-state index in [1.165, 1.54) is 18.5 Å². The molecule has 0 aromatic carbocycles. The smallest absolute Gasteiger partial charge is 0.268 e. The zero-order chi connectivity index (χ0) is 21.3. The Balaban J connectivity index is 1.54. The number of rotatable bonds is 4. The van der Waals surface area contributed by atoms with E-state index in [4.69, 9.17) is 5.26 Å². The summed E-state index contributed by atoms with van der Waals surface area (Å²) in [4.78, 5) is 37.2. The Morgan fingerprint density at radius 2 is 2.13 bits per heavy atom. The average molecular weight is 410 g/mol. The fourth-order valence-electron chi connectivity index (χ4n) is 3.55. The molecule has 1 fully saturated rings. The molecular weight excluding hydrogens is 394 g/mol. The SMILES string of the molecule is N#C[C@@H]1CC(F)(F)CN1C(=O)CNC(=O)c1ccncc1-c1ccnc2[nH]ccc12. The number of H-pyrrole nitrogens is 1. The van der Waals surface area contributed by atoms with Gasteiger partial charge in [0.05, 0.1) is 24.7 Å². The topological polar surface area (TPSA) is 115 Å². The average Bonchev–Trinajstić information content (AvgIpc) is 3.35. The lowest BCUT2D eigenvalue weighted by atomic mass is 10.00. The number of likely N-dealkylation sites (tertiary alicyclic amines) is 1. The third-order valence-electron chi connectivity index (χ3n) is 4.96. The molecule has 3 aromatic heterocycles. The van der Waals surface area contributed by atoms with E-state index in [1.807, 2.05) is 6.07 Å². The number of aromatic amines is 1. The molecule has 0 bridgehead atoms. The Morgan fingerprint density at radius 3 is 2.93 bits per heavy atom. The van der Waals surface area contributed by atoms with Gasteiger partial charge in [0, 0.05) is 42.2 Å². The van der Waals surface area contributed by atoms with Crippen molar-refractivity contribution < 1.29 is 18.4 Å². The molecule has 0 saturated carbocycles. The van der Waals surface area contributed by atoms with Gasteiger partial charge in [-0.1, -0.05) is 0 Å². The van der Waals surface area contributed by atoms with Crippen molar-refractivity contribution in [3.63, 3.8) is 0 Å². The van der Waals surface area contributed by atoms with Crippen molar-refractivity contribution in [3.8, 4) is 17.2 Å². The number of pyridine rings is 2.